The number of nitrogens with one attached hydrogen (secondary N) is 1. The Morgan fingerprint density at radius 2 is 2.07 bits per heavy atom. The maximum absolute atomic E-state index is 12.0. The first-order valence-corrected chi connectivity index (χ1v) is 10.9. The van der Waals surface area contributed by atoms with Gasteiger partial charge >= 0.3 is 0 Å². The summed E-state index contributed by atoms with van der Waals surface area (Å²) in [6.07, 6.45) is 0.900. The molecule has 0 bridgehead atoms. The van der Waals surface area contributed by atoms with Gasteiger partial charge in [-0.25, -0.2) is 4.99 Å². The fourth-order valence-corrected chi connectivity index (χ4v) is 3.62. The van der Waals surface area contributed by atoms with Gasteiger partial charge in [-0.3, -0.25) is 9.69 Å². The van der Waals surface area contributed by atoms with Gasteiger partial charge in [-0.1, -0.05) is 23.7 Å². The summed E-state index contributed by atoms with van der Waals surface area (Å²) < 4.78 is 11.5. The number of likely N-dealkylation sites (tertiary alicyclic amines) is 1. The molecule has 166 valence electrons. The number of rotatable bonds is 7. The van der Waals surface area contributed by atoms with Gasteiger partial charge in [0.2, 0.25) is 5.91 Å². The Morgan fingerprint density at radius 3 is 2.80 bits per heavy atom. The molecule has 30 heavy (non-hydrogen) atoms. The van der Waals surface area contributed by atoms with Crippen LogP contribution in [0.25, 0.3) is 0 Å². The predicted molar refractivity (Wildman–Crippen MR) is 118 cm³/mol. The van der Waals surface area contributed by atoms with E-state index in [-0.39, 0.29) is 18.6 Å². The third-order valence-electron chi connectivity index (χ3n) is 5.25. The van der Waals surface area contributed by atoms with Crippen molar-refractivity contribution in [2.24, 2.45) is 4.99 Å². The molecule has 8 nitrogen and oxygen atoms in total. The summed E-state index contributed by atoms with van der Waals surface area (Å²) in [4.78, 5) is 22.7. The number of hydrogen-bond acceptors (Lipinski definition) is 5. The molecule has 0 radical (unpaired) electrons. The Hall–Kier alpha value is -2.03. The molecule has 1 aromatic carbocycles. The summed E-state index contributed by atoms with van der Waals surface area (Å²) in [5.74, 6) is 1.43. The Bertz CT molecular complexity index is 724. The first-order chi connectivity index (χ1) is 14.5. The van der Waals surface area contributed by atoms with Crippen molar-refractivity contribution in [2.45, 2.75) is 12.5 Å². The number of para-hydroxylation sites is 1. The van der Waals surface area contributed by atoms with Gasteiger partial charge in [0.05, 0.1) is 24.8 Å². The van der Waals surface area contributed by atoms with E-state index in [4.69, 9.17) is 21.1 Å². The van der Waals surface area contributed by atoms with Crippen LogP contribution in [0.15, 0.2) is 29.3 Å². The molecule has 0 spiro atoms. The number of likely N-dealkylation sites (N-methyl/N-ethyl adjacent to an activating group) is 1. The molecule has 0 aromatic heterocycles. The monoisotopic (exact) mass is 437 g/mol. The molecule has 1 N–H and O–H groups in total. The SMILES string of the molecule is CN(C)C(=O)CN=C(NCCN1CCOCC1)N1CCC(Oc2ccccc2Cl)C1. The second-order valence-electron chi connectivity index (χ2n) is 7.71. The van der Waals surface area contributed by atoms with E-state index in [0.717, 1.165) is 58.3 Å². The first-order valence-electron chi connectivity index (χ1n) is 10.5. The lowest BCUT2D eigenvalue weighted by molar-refractivity contribution is -0.127. The van der Waals surface area contributed by atoms with Gasteiger partial charge in [-0.2, -0.15) is 0 Å². The van der Waals surface area contributed by atoms with Crippen molar-refractivity contribution in [2.75, 3.05) is 73.1 Å². The van der Waals surface area contributed by atoms with Crippen molar-refractivity contribution in [3.8, 4) is 5.75 Å². The maximum atomic E-state index is 12.0. The van der Waals surface area contributed by atoms with Crippen LogP contribution < -0.4 is 10.1 Å². The second-order valence-corrected chi connectivity index (χ2v) is 8.12. The second kappa shape index (κ2) is 11.4. The summed E-state index contributed by atoms with van der Waals surface area (Å²) in [5.41, 5.74) is 0. The number of benzene rings is 1. The van der Waals surface area contributed by atoms with Crippen molar-refractivity contribution in [1.82, 2.24) is 20.0 Å². The number of halogens is 1. The lowest BCUT2D eigenvalue weighted by Gasteiger charge is -2.28. The van der Waals surface area contributed by atoms with Gasteiger partial charge in [0, 0.05) is 53.2 Å². The number of nitrogens with zero attached hydrogens (tertiary/aromatic N) is 4. The number of carbonyl (C=O) groups is 1. The molecule has 0 saturated carbocycles. The molecule has 1 amide bonds. The van der Waals surface area contributed by atoms with Crippen molar-refractivity contribution < 1.29 is 14.3 Å². The van der Waals surface area contributed by atoms with Crippen LogP contribution in [0.1, 0.15) is 6.42 Å². The van der Waals surface area contributed by atoms with Crippen LogP contribution in [0.2, 0.25) is 5.02 Å². The maximum Gasteiger partial charge on any atom is 0.243 e. The zero-order valence-corrected chi connectivity index (χ0v) is 18.6. The number of amides is 1. The molecule has 2 fully saturated rings. The molecular weight excluding hydrogens is 406 g/mol. The Balaban J connectivity index is 1.57. The lowest BCUT2D eigenvalue weighted by Crippen LogP contribution is -2.46. The van der Waals surface area contributed by atoms with Crippen LogP contribution in [0, 0.1) is 0 Å². The minimum absolute atomic E-state index is 0.0226. The van der Waals surface area contributed by atoms with Gasteiger partial charge < -0.3 is 24.6 Å². The van der Waals surface area contributed by atoms with Crippen molar-refractivity contribution in [1.29, 1.82) is 0 Å². The minimum atomic E-state index is -0.0226. The summed E-state index contributed by atoms with van der Waals surface area (Å²) in [5, 5.41) is 4.06. The van der Waals surface area contributed by atoms with Gasteiger partial charge in [-0.05, 0) is 12.1 Å². The Kier molecular flexibility index (Phi) is 8.60. The van der Waals surface area contributed by atoms with E-state index in [1.165, 1.54) is 0 Å². The largest absolute Gasteiger partial charge is 0.487 e. The molecule has 9 heteroatoms. The average Bonchev–Trinajstić information content (AvgIpc) is 3.21. The lowest BCUT2D eigenvalue weighted by atomic mass is 10.3. The molecule has 2 aliphatic rings. The zero-order chi connectivity index (χ0) is 21.3. The van der Waals surface area contributed by atoms with E-state index >= 15 is 0 Å². The minimum Gasteiger partial charge on any atom is -0.487 e. The number of guanidine groups is 1. The van der Waals surface area contributed by atoms with Crippen LogP contribution in [-0.4, -0.2) is 106 Å². The van der Waals surface area contributed by atoms with E-state index in [0.29, 0.717) is 17.3 Å². The zero-order valence-electron chi connectivity index (χ0n) is 17.8. The number of hydrogen-bond donors (Lipinski definition) is 1. The summed E-state index contributed by atoms with van der Waals surface area (Å²) in [7, 11) is 3.49. The highest BCUT2D eigenvalue weighted by Crippen LogP contribution is 2.26. The van der Waals surface area contributed by atoms with Crippen LogP contribution in [-0.2, 0) is 9.53 Å². The van der Waals surface area contributed by atoms with E-state index in [9.17, 15) is 4.79 Å². The average molecular weight is 438 g/mol. The molecular formula is C21H32ClN5O3. The van der Waals surface area contributed by atoms with Gasteiger partial charge in [0.15, 0.2) is 5.96 Å². The summed E-state index contributed by atoms with van der Waals surface area (Å²) >= 11 is 6.23. The number of aliphatic imine (C=N–C) groups is 1. The van der Waals surface area contributed by atoms with Crippen LogP contribution in [0.5, 0.6) is 5.75 Å². The molecule has 0 aliphatic carbocycles. The molecule has 2 heterocycles. The van der Waals surface area contributed by atoms with Crippen LogP contribution in [0.4, 0.5) is 0 Å². The van der Waals surface area contributed by atoms with E-state index in [1.807, 2.05) is 24.3 Å². The highest BCUT2D eigenvalue weighted by molar-refractivity contribution is 6.32. The standard InChI is InChI=1S/C21H32ClN5O3/c1-25(2)20(28)15-24-21(23-8-10-26-11-13-29-14-12-26)27-9-7-17(16-27)30-19-6-4-3-5-18(19)22/h3-6,17H,7-16H2,1-2H3,(H,23,24). The van der Waals surface area contributed by atoms with Crippen molar-refractivity contribution >= 4 is 23.5 Å². The Morgan fingerprint density at radius 1 is 1.30 bits per heavy atom. The number of ether oxygens (including phenoxy) is 2. The van der Waals surface area contributed by atoms with Crippen LogP contribution >= 0.6 is 11.6 Å². The molecule has 1 atom stereocenters. The molecule has 1 aromatic rings. The molecule has 2 saturated heterocycles. The van der Waals surface area contributed by atoms with Gasteiger partial charge in [0.1, 0.15) is 18.4 Å². The van der Waals surface area contributed by atoms with E-state index in [1.54, 1.807) is 19.0 Å². The molecule has 3 rings (SSSR count). The fourth-order valence-electron chi connectivity index (χ4n) is 3.44. The van der Waals surface area contributed by atoms with Crippen molar-refractivity contribution in [3.63, 3.8) is 0 Å². The fraction of sp³-hybridized carbons (Fsp3) is 0.619. The Labute approximate surface area is 183 Å². The molecule has 2 aliphatic heterocycles. The first kappa shape index (κ1) is 22.7. The van der Waals surface area contributed by atoms with Gasteiger partial charge in [0.25, 0.3) is 0 Å². The highest BCUT2D eigenvalue weighted by Gasteiger charge is 2.27. The van der Waals surface area contributed by atoms with E-state index in [2.05, 4.69) is 20.1 Å². The third-order valence-corrected chi connectivity index (χ3v) is 5.56. The van der Waals surface area contributed by atoms with E-state index < -0.39 is 0 Å². The smallest absolute Gasteiger partial charge is 0.243 e. The third kappa shape index (κ3) is 6.75. The molecule has 1 unspecified atom stereocenters. The van der Waals surface area contributed by atoms with Gasteiger partial charge in [-0.15, -0.1) is 0 Å². The topological polar surface area (TPSA) is 69.6 Å². The predicted octanol–water partition coefficient (Wildman–Crippen LogP) is 1.16. The quantitative estimate of drug-likeness (QED) is 0.510. The summed E-state index contributed by atoms with van der Waals surface area (Å²) in [6, 6.07) is 7.52. The number of carbonyl (C=O) groups excluding carboxylic acids is 1. The highest BCUT2D eigenvalue weighted by atomic mass is 35.5. The number of morpholine rings is 1. The van der Waals surface area contributed by atoms with Crippen molar-refractivity contribution in [3.05, 3.63) is 29.3 Å². The van der Waals surface area contributed by atoms with Crippen LogP contribution in [0.3, 0.4) is 0 Å². The normalized spacial score (nSPS) is 20.3. The summed E-state index contributed by atoms with van der Waals surface area (Å²) in [6.45, 7) is 6.78.